The van der Waals surface area contributed by atoms with Crippen LogP contribution in [0.15, 0.2) is 18.2 Å². The molecule has 74 valence electrons. The van der Waals surface area contributed by atoms with E-state index in [1.165, 1.54) is 8.93 Å². The zero-order valence-corrected chi connectivity index (χ0v) is 10.9. The summed E-state index contributed by atoms with van der Waals surface area (Å²) >= 11 is 2.15. The van der Waals surface area contributed by atoms with Gasteiger partial charge >= 0.3 is 0 Å². The van der Waals surface area contributed by atoms with Gasteiger partial charge in [-0.05, 0) is 32.4 Å². The van der Waals surface area contributed by atoms with Crippen LogP contribution in [-0.4, -0.2) is 14.2 Å². The van der Waals surface area contributed by atoms with Gasteiger partial charge in [0.25, 0.3) is 0 Å². The number of methoxy groups -OCH3 is 1. The Morgan fingerprint density at radius 3 is 2.86 bits per heavy atom. The van der Waals surface area contributed by atoms with E-state index in [2.05, 4.69) is 37.7 Å². The molecule has 0 heterocycles. The van der Waals surface area contributed by atoms with E-state index in [0.29, 0.717) is 0 Å². The molecule has 1 aromatic carbocycles. The summed E-state index contributed by atoms with van der Waals surface area (Å²) in [6.07, 6.45) is 0. The maximum absolute atomic E-state index is 5.18. The molecule has 0 atom stereocenters. The lowest BCUT2D eigenvalue weighted by atomic mass is 10.2. The minimum Gasteiger partial charge on any atom is -0.495 e. The quantitative estimate of drug-likeness (QED) is 0.668. The summed E-state index contributed by atoms with van der Waals surface area (Å²) in [5.41, 5.74) is 1.94. The molecule has 0 unspecified atom stereocenters. The van der Waals surface area contributed by atoms with E-state index in [0.717, 1.165) is 17.0 Å². The molecule has 0 aliphatic heterocycles. The van der Waals surface area contributed by atoms with E-state index in [1.54, 1.807) is 7.11 Å². The zero-order valence-electron chi connectivity index (χ0n) is 7.93. The second kappa shape index (κ2) is 6.04. The molecule has 0 aliphatic rings. The zero-order chi connectivity index (χ0) is 10.4. The molecular formula is C10H10INOS. The van der Waals surface area contributed by atoms with E-state index < -0.39 is 0 Å². The average Bonchev–Trinajstić information content (AvgIpc) is 2.25. The van der Waals surface area contributed by atoms with Crippen LogP contribution < -0.4 is 10.1 Å². The Bertz CT molecular complexity index is 370. The molecule has 0 spiro atoms. The molecule has 14 heavy (non-hydrogen) atoms. The third-order valence-corrected chi connectivity index (χ3v) is 2.54. The smallest absolute Gasteiger partial charge is 0.142 e. The number of benzene rings is 1. The largest absolute Gasteiger partial charge is 0.495 e. The van der Waals surface area contributed by atoms with Crippen LogP contribution in [0.4, 0.5) is 5.69 Å². The summed E-state index contributed by atoms with van der Waals surface area (Å²) < 4.78 is 5.18. The topological polar surface area (TPSA) is 21.3 Å². The number of hydrogen-bond donors (Lipinski definition) is 1. The number of ether oxygens (including phenoxy) is 1. The van der Waals surface area contributed by atoms with Crippen molar-refractivity contribution in [3.8, 4) is 16.9 Å². The van der Waals surface area contributed by atoms with Crippen LogP contribution >= 0.6 is 30.1 Å². The van der Waals surface area contributed by atoms with Crippen LogP contribution in [0, 0.1) is 11.2 Å². The maximum atomic E-state index is 5.18. The van der Waals surface area contributed by atoms with Gasteiger partial charge in [-0.1, -0.05) is 5.92 Å². The molecule has 1 N–H and O–H groups in total. The molecule has 0 saturated carbocycles. The van der Waals surface area contributed by atoms with Crippen molar-refractivity contribution < 1.29 is 4.74 Å². The van der Waals surface area contributed by atoms with E-state index in [-0.39, 0.29) is 0 Å². The van der Waals surface area contributed by atoms with Crippen molar-refractivity contribution in [1.29, 1.82) is 0 Å². The molecule has 0 amide bonds. The second-order valence-electron chi connectivity index (χ2n) is 2.47. The Kier molecular flexibility index (Phi) is 4.98. The van der Waals surface area contributed by atoms with Crippen molar-refractivity contribution in [3.05, 3.63) is 23.8 Å². The minimum absolute atomic E-state index is 0.833. The molecule has 0 radical (unpaired) electrons. The third-order valence-electron chi connectivity index (χ3n) is 1.70. The monoisotopic (exact) mass is 319 g/mol. The van der Waals surface area contributed by atoms with Gasteiger partial charge in [-0.3, -0.25) is 0 Å². The lowest BCUT2D eigenvalue weighted by molar-refractivity contribution is 0.416. The average molecular weight is 319 g/mol. The summed E-state index contributed by atoms with van der Waals surface area (Å²) in [4.78, 5) is 0. The van der Waals surface area contributed by atoms with Crippen LogP contribution in [0.25, 0.3) is 0 Å². The van der Waals surface area contributed by atoms with E-state index in [9.17, 15) is 0 Å². The highest BCUT2D eigenvalue weighted by Crippen LogP contribution is 2.24. The number of anilines is 1. The number of halogens is 1. The Morgan fingerprint density at radius 2 is 2.29 bits per heavy atom. The van der Waals surface area contributed by atoms with Crippen LogP contribution in [-0.2, 0) is 0 Å². The summed E-state index contributed by atoms with van der Waals surface area (Å²) in [6, 6.07) is 5.83. The first-order valence-electron chi connectivity index (χ1n) is 3.96. The Balaban J connectivity index is 3.01. The highest BCUT2D eigenvalue weighted by Gasteiger charge is 2.00. The number of rotatable bonds is 2. The van der Waals surface area contributed by atoms with E-state index in [1.807, 2.05) is 25.2 Å². The fourth-order valence-electron chi connectivity index (χ4n) is 1.06. The first kappa shape index (κ1) is 11.5. The molecule has 0 fully saturated rings. The van der Waals surface area contributed by atoms with Crippen molar-refractivity contribution >= 4 is 35.8 Å². The van der Waals surface area contributed by atoms with Gasteiger partial charge in [0, 0.05) is 33.8 Å². The molecule has 0 bridgehead atoms. The lowest BCUT2D eigenvalue weighted by Gasteiger charge is -2.07. The molecule has 1 rings (SSSR count). The Hall–Kier alpha value is -0.540. The van der Waals surface area contributed by atoms with E-state index >= 15 is 0 Å². The molecule has 0 saturated heterocycles. The van der Waals surface area contributed by atoms with Crippen LogP contribution in [0.3, 0.4) is 0 Å². The number of hydrogen-bond acceptors (Lipinski definition) is 3. The van der Waals surface area contributed by atoms with Crippen molar-refractivity contribution in [2.75, 3.05) is 19.5 Å². The predicted molar refractivity (Wildman–Crippen MR) is 71.0 cm³/mol. The maximum Gasteiger partial charge on any atom is 0.142 e. The van der Waals surface area contributed by atoms with Crippen LogP contribution in [0.2, 0.25) is 0 Å². The molecule has 2 nitrogen and oxygen atoms in total. The van der Waals surface area contributed by atoms with Gasteiger partial charge in [0.2, 0.25) is 0 Å². The highest BCUT2D eigenvalue weighted by atomic mass is 127. The highest BCUT2D eigenvalue weighted by molar-refractivity contribution is 14.2. The molecule has 1 aromatic rings. The van der Waals surface area contributed by atoms with E-state index in [4.69, 9.17) is 4.74 Å². The summed E-state index contributed by atoms with van der Waals surface area (Å²) in [7, 11) is 5.00. The van der Waals surface area contributed by atoms with Crippen molar-refractivity contribution in [2.45, 2.75) is 0 Å². The minimum atomic E-state index is 0.833. The fraction of sp³-hybridized carbons (Fsp3) is 0.200. The number of nitrogens with one attached hydrogen (secondary N) is 1. The summed E-state index contributed by atoms with van der Waals surface area (Å²) in [6.45, 7) is 0. The fourth-order valence-corrected chi connectivity index (χ4v) is 1.55. The van der Waals surface area contributed by atoms with Gasteiger partial charge in [0.1, 0.15) is 5.75 Å². The van der Waals surface area contributed by atoms with Gasteiger partial charge < -0.3 is 10.1 Å². The molecular weight excluding hydrogens is 309 g/mol. The SMILES string of the molecule is CNc1cc(C#CSI)ccc1OC. The normalized spacial score (nSPS) is 8.79. The van der Waals surface area contributed by atoms with Crippen LogP contribution in [0.1, 0.15) is 5.56 Å². The van der Waals surface area contributed by atoms with Crippen molar-refractivity contribution in [3.63, 3.8) is 0 Å². The van der Waals surface area contributed by atoms with Gasteiger partial charge in [0.05, 0.1) is 12.8 Å². The second-order valence-corrected chi connectivity index (χ2v) is 4.15. The third kappa shape index (κ3) is 3.00. The molecule has 0 aromatic heterocycles. The Labute approximate surface area is 100 Å². The summed E-state index contributed by atoms with van der Waals surface area (Å²) in [5, 5.41) is 6.00. The van der Waals surface area contributed by atoms with Gasteiger partial charge in [-0.25, -0.2) is 0 Å². The van der Waals surface area contributed by atoms with Gasteiger partial charge in [0.15, 0.2) is 0 Å². The van der Waals surface area contributed by atoms with Crippen LogP contribution in [0.5, 0.6) is 5.75 Å². The van der Waals surface area contributed by atoms with Gasteiger partial charge in [-0.2, -0.15) is 0 Å². The van der Waals surface area contributed by atoms with Crippen molar-refractivity contribution in [2.24, 2.45) is 0 Å². The summed E-state index contributed by atoms with van der Waals surface area (Å²) in [5.74, 6) is 3.86. The van der Waals surface area contributed by atoms with Gasteiger partial charge in [-0.15, -0.1) is 0 Å². The predicted octanol–water partition coefficient (Wildman–Crippen LogP) is 3.13. The lowest BCUT2D eigenvalue weighted by Crippen LogP contribution is -1.93. The standard InChI is InChI=1S/C10H10INOS/c1-12-9-7-8(5-6-14-11)3-4-10(9)13-2/h3-4,7,12H,1-2H3. The first-order valence-corrected chi connectivity index (χ1v) is 7.32. The van der Waals surface area contributed by atoms with Crippen molar-refractivity contribution in [1.82, 2.24) is 0 Å². The first-order chi connectivity index (χ1) is 6.81. The Morgan fingerprint density at radius 1 is 1.50 bits per heavy atom. The molecule has 4 heteroatoms. The molecule has 0 aliphatic carbocycles.